The van der Waals surface area contributed by atoms with Crippen molar-refractivity contribution in [2.75, 3.05) is 57.8 Å². The molecule has 9 heteroatoms. The van der Waals surface area contributed by atoms with E-state index in [1.807, 2.05) is 4.90 Å². The summed E-state index contributed by atoms with van der Waals surface area (Å²) in [4.78, 5) is 20.6. The molecule has 0 aliphatic carbocycles. The molecular weight excluding hydrogens is 278 g/mol. The average molecular weight is 299 g/mol. The van der Waals surface area contributed by atoms with Gasteiger partial charge in [-0.05, 0) is 6.42 Å². The standard InChI is InChI=1S/C12H21N5O4/c1-13-11-10(17(18)19)12(15-9-14-11)16(6-8-21-3)5-4-7-20-2/h9H,4-8H2,1-3H3,(H,13,14,15). The normalized spacial score (nSPS) is 10.4. The summed E-state index contributed by atoms with van der Waals surface area (Å²) in [6.07, 6.45) is 2.04. The van der Waals surface area contributed by atoms with Gasteiger partial charge in [-0.25, -0.2) is 9.97 Å². The minimum Gasteiger partial charge on any atom is -0.385 e. The molecule has 0 saturated heterocycles. The molecule has 1 aromatic heterocycles. The molecule has 21 heavy (non-hydrogen) atoms. The van der Waals surface area contributed by atoms with Gasteiger partial charge >= 0.3 is 5.69 Å². The Morgan fingerprint density at radius 3 is 2.57 bits per heavy atom. The van der Waals surface area contributed by atoms with Crippen molar-refractivity contribution in [3.05, 3.63) is 16.4 Å². The zero-order valence-electron chi connectivity index (χ0n) is 12.5. The number of methoxy groups -OCH3 is 2. The molecule has 0 saturated carbocycles. The van der Waals surface area contributed by atoms with Gasteiger partial charge in [0.2, 0.25) is 11.6 Å². The molecule has 0 aromatic carbocycles. The molecular formula is C12H21N5O4. The molecule has 0 unspecified atom stereocenters. The third-order valence-electron chi connectivity index (χ3n) is 2.86. The largest absolute Gasteiger partial charge is 0.385 e. The highest BCUT2D eigenvalue weighted by molar-refractivity contribution is 5.70. The topological polar surface area (TPSA) is 103 Å². The first-order chi connectivity index (χ1) is 10.2. The summed E-state index contributed by atoms with van der Waals surface area (Å²) in [6.45, 7) is 2.10. The van der Waals surface area contributed by atoms with E-state index in [0.29, 0.717) is 26.3 Å². The molecule has 1 heterocycles. The van der Waals surface area contributed by atoms with Gasteiger partial charge in [0.1, 0.15) is 6.33 Å². The smallest absolute Gasteiger partial charge is 0.353 e. The highest BCUT2D eigenvalue weighted by Crippen LogP contribution is 2.31. The first-order valence-electron chi connectivity index (χ1n) is 6.55. The summed E-state index contributed by atoms with van der Waals surface area (Å²) in [7, 11) is 4.79. The Morgan fingerprint density at radius 2 is 2.00 bits per heavy atom. The summed E-state index contributed by atoms with van der Waals surface area (Å²) in [5, 5.41) is 14.0. The van der Waals surface area contributed by atoms with Crippen molar-refractivity contribution in [3.8, 4) is 0 Å². The fourth-order valence-electron chi connectivity index (χ4n) is 1.88. The quantitative estimate of drug-likeness (QED) is 0.386. The summed E-state index contributed by atoms with van der Waals surface area (Å²) in [5.74, 6) is 0.478. The Hall–Kier alpha value is -2.00. The molecule has 118 valence electrons. The van der Waals surface area contributed by atoms with Crippen molar-refractivity contribution < 1.29 is 14.4 Å². The fourth-order valence-corrected chi connectivity index (χ4v) is 1.88. The Labute approximate surface area is 123 Å². The van der Waals surface area contributed by atoms with Crippen LogP contribution in [0.15, 0.2) is 6.33 Å². The maximum atomic E-state index is 11.3. The lowest BCUT2D eigenvalue weighted by Gasteiger charge is -2.23. The van der Waals surface area contributed by atoms with E-state index < -0.39 is 4.92 Å². The van der Waals surface area contributed by atoms with E-state index in [2.05, 4.69) is 15.3 Å². The zero-order chi connectivity index (χ0) is 15.7. The van der Waals surface area contributed by atoms with Crippen LogP contribution in [0.3, 0.4) is 0 Å². The molecule has 0 atom stereocenters. The Morgan fingerprint density at radius 1 is 1.29 bits per heavy atom. The maximum Gasteiger partial charge on any atom is 0.353 e. The fraction of sp³-hybridized carbons (Fsp3) is 0.667. The van der Waals surface area contributed by atoms with E-state index in [1.165, 1.54) is 6.33 Å². The SMILES string of the molecule is CNc1ncnc(N(CCCOC)CCOC)c1[N+](=O)[O-]. The molecule has 0 aliphatic rings. The van der Waals surface area contributed by atoms with Crippen molar-refractivity contribution in [1.29, 1.82) is 0 Å². The molecule has 0 spiro atoms. The number of rotatable bonds is 10. The lowest BCUT2D eigenvalue weighted by Crippen LogP contribution is -2.30. The Balaban J connectivity index is 3.06. The van der Waals surface area contributed by atoms with Gasteiger partial charge in [0.15, 0.2) is 0 Å². The van der Waals surface area contributed by atoms with Crippen LogP contribution >= 0.6 is 0 Å². The van der Waals surface area contributed by atoms with Crippen LogP contribution in [0.2, 0.25) is 0 Å². The van der Waals surface area contributed by atoms with Gasteiger partial charge in [-0.2, -0.15) is 0 Å². The highest BCUT2D eigenvalue weighted by atomic mass is 16.6. The van der Waals surface area contributed by atoms with Crippen LogP contribution in [0, 0.1) is 10.1 Å². The monoisotopic (exact) mass is 299 g/mol. The summed E-state index contributed by atoms with van der Waals surface area (Å²) < 4.78 is 10.1. The molecule has 0 fully saturated rings. The van der Waals surface area contributed by atoms with Gasteiger partial charge in [0, 0.05) is 41.0 Å². The van der Waals surface area contributed by atoms with E-state index in [9.17, 15) is 10.1 Å². The molecule has 9 nitrogen and oxygen atoms in total. The number of nitrogens with one attached hydrogen (secondary N) is 1. The second kappa shape index (κ2) is 9.03. The van der Waals surface area contributed by atoms with Crippen LogP contribution in [0.25, 0.3) is 0 Å². The number of aromatic nitrogens is 2. The maximum absolute atomic E-state index is 11.3. The number of nitrogens with zero attached hydrogens (tertiary/aromatic N) is 4. The first kappa shape index (κ1) is 17.1. The number of nitro groups is 1. The van der Waals surface area contributed by atoms with E-state index in [0.717, 1.165) is 6.42 Å². The second-order valence-corrected chi connectivity index (χ2v) is 4.23. The van der Waals surface area contributed by atoms with Gasteiger partial charge in [-0.3, -0.25) is 10.1 Å². The molecule has 0 bridgehead atoms. The molecule has 0 amide bonds. The van der Waals surface area contributed by atoms with Gasteiger partial charge in [0.05, 0.1) is 11.5 Å². The van der Waals surface area contributed by atoms with Gasteiger partial charge in [-0.1, -0.05) is 0 Å². The third-order valence-corrected chi connectivity index (χ3v) is 2.86. The van der Waals surface area contributed by atoms with E-state index in [4.69, 9.17) is 9.47 Å². The molecule has 1 N–H and O–H groups in total. The van der Waals surface area contributed by atoms with Crippen molar-refractivity contribution >= 4 is 17.3 Å². The number of anilines is 2. The Kier molecular flexibility index (Phi) is 7.33. The van der Waals surface area contributed by atoms with Crippen LogP contribution in [0.4, 0.5) is 17.3 Å². The predicted molar refractivity (Wildman–Crippen MR) is 78.8 cm³/mol. The van der Waals surface area contributed by atoms with Crippen LogP contribution in [-0.2, 0) is 9.47 Å². The average Bonchev–Trinajstić information content (AvgIpc) is 2.49. The molecule has 1 rings (SSSR count). The molecule has 0 radical (unpaired) electrons. The van der Waals surface area contributed by atoms with Crippen molar-refractivity contribution in [1.82, 2.24) is 9.97 Å². The molecule has 1 aromatic rings. The van der Waals surface area contributed by atoms with E-state index in [1.54, 1.807) is 21.3 Å². The van der Waals surface area contributed by atoms with Gasteiger partial charge in [0.25, 0.3) is 0 Å². The van der Waals surface area contributed by atoms with E-state index in [-0.39, 0.29) is 17.3 Å². The Bertz CT molecular complexity index is 457. The van der Waals surface area contributed by atoms with Crippen LogP contribution in [-0.4, -0.2) is 62.5 Å². The minimum atomic E-state index is -0.475. The highest BCUT2D eigenvalue weighted by Gasteiger charge is 2.26. The van der Waals surface area contributed by atoms with Crippen LogP contribution < -0.4 is 10.2 Å². The lowest BCUT2D eigenvalue weighted by molar-refractivity contribution is -0.383. The predicted octanol–water partition coefficient (Wildman–Crippen LogP) is 0.916. The number of ether oxygens (including phenoxy) is 2. The number of hydrogen-bond acceptors (Lipinski definition) is 8. The van der Waals surface area contributed by atoms with Crippen molar-refractivity contribution in [2.24, 2.45) is 0 Å². The summed E-state index contributed by atoms with van der Waals surface area (Å²) in [5.41, 5.74) is -0.131. The summed E-state index contributed by atoms with van der Waals surface area (Å²) in [6, 6.07) is 0. The minimum absolute atomic E-state index is 0.131. The third kappa shape index (κ3) is 4.80. The first-order valence-corrected chi connectivity index (χ1v) is 6.55. The molecule has 0 aliphatic heterocycles. The van der Waals surface area contributed by atoms with Crippen molar-refractivity contribution in [3.63, 3.8) is 0 Å². The lowest BCUT2D eigenvalue weighted by atomic mass is 10.3. The van der Waals surface area contributed by atoms with Gasteiger partial charge < -0.3 is 19.7 Å². The van der Waals surface area contributed by atoms with Crippen molar-refractivity contribution in [2.45, 2.75) is 6.42 Å². The van der Waals surface area contributed by atoms with Crippen LogP contribution in [0.5, 0.6) is 0 Å². The van der Waals surface area contributed by atoms with E-state index >= 15 is 0 Å². The zero-order valence-corrected chi connectivity index (χ0v) is 12.5. The van der Waals surface area contributed by atoms with Crippen LogP contribution in [0.1, 0.15) is 6.42 Å². The number of hydrogen-bond donors (Lipinski definition) is 1. The second-order valence-electron chi connectivity index (χ2n) is 4.23. The van der Waals surface area contributed by atoms with Gasteiger partial charge in [-0.15, -0.1) is 0 Å². The summed E-state index contributed by atoms with van der Waals surface area (Å²) >= 11 is 0.